The van der Waals surface area contributed by atoms with Gasteiger partial charge in [0, 0.05) is 44.4 Å². The van der Waals surface area contributed by atoms with Crippen molar-refractivity contribution in [2.75, 3.05) is 52.5 Å². The fourth-order valence-corrected chi connectivity index (χ4v) is 4.77. The molecule has 6 heterocycles. The highest BCUT2D eigenvalue weighted by molar-refractivity contribution is 5.62. The predicted molar refractivity (Wildman–Crippen MR) is 179 cm³/mol. The minimum Gasteiger partial charge on any atom is -0.381 e. The Morgan fingerprint density at radius 3 is 1.05 bits per heavy atom. The van der Waals surface area contributed by atoms with E-state index >= 15 is 0 Å². The minimum atomic E-state index is 1.00. The maximum atomic E-state index is 5.07. The number of piperidine rings is 1. The molecule has 6 aliphatic rings. The van der Waals surface area contributed by atoms with Crippen molar-refractivity contribution in [1.82, 2.24) is 20.9 Å². The number of hydrogen-bond donors (Lipinski definition) is 3. The summed E-state index contributed by atoms with van der Waals surface area (Å²) in [5.74, 6) is 0. The van der Waals surface area contributed by atoms with Crippen LogP contribution < -0.4 is 16.0 Å². The van der Waals surface area contributed by atoms with Crippen molar-refractivity contribution < 1.29 is 4.74 Å². The lowest BCUT2D eigenvalue weighted by Crippen LogP contribution is -2.21. The van der Waals surface area contributed by atoms with E-state index in [0.717, 1.165) is 19.6 Å². The molecule has 5 fully saturated rings. The van der Waals surface area contributed by atoms with Crippen LogP contribution in [0, 0.1) is 0 Å². The first kappa shape index (κ1) is 37.4. The number of nitrogens with zero attached hydrogens (tertiary/aromatic N) is 2. The topological polar surface area (TPSA) is 70.6 Å². The molecular formula is C35H65N5O. The van der Waals surface area contributed by atoms with Crippen molar-refractivity contribution >= 4 is 6.21 Å². The number of nitrogens with one attached hydrogen (secondary N) is 3. The van der Waals surface area contributed by atoms with Gasteiger partial charge in [-0.3, -0.25) is 9.98 Å². The average molecular weight is 572 g/mol. The van der Waals surface area contributed by atoms with E-state index in [1.165, 1.54) is 155 Å². The van der Waals surface area contributed by atoms with Crippen LogP contribution in [0.1, 0.15) is 122 Å². The first-order valence-corrected chi connectivity index (χ1v) is 17.2. The summed E-state index contributed by atoms with van der Waals surface area (Å²) in [4.78, 5) is 7.56. The van der Waals surface area contributed by atoms with Crippen molar-refractivity contribution in [2.24, 2.45) is 4.99 Å². The van der Waals surface area contributed by atoms with Gasteiger partial charge >= 0.3 is 0 Å². The van der Waals surface area contributed by atoms with E-state index in [1.807, 2.05) is 30.5 Å². The van der Waals surface area contributed by atoms with E-state index in [0.29, 0.717) is 0 Å². The lowest BCUT2D eigenvalue weighted by molar-refractivity contribution is 0.0968. The monoisotopic (exact) mass is 572 g/mol. The Bertz CT molecular complexity index is 512. The molecule has 0 radical (unpaired) electrons. The van der Waals surface area contributed by atoms with Crippen LogP contribution in [0.4, 0.5) is 0 Å². The zero-order chi connectivity index (χ0) is 29.0. The predicted octanol–water partition coefficient (Wildman–Crippen LogP) is 7.86. The Kier molecular flexibility index (Phi) is 31.6. The molecule has 3 N–H and O–H groups in total. The Labute approximate surface area is 254 Å². The second kappa shape index (κ2) is 34.6. The molecule has 4 saturated heterocycles. The molecule has 1 aliphatic carbocycles. The van der Waals surface area contributed by atoms with E-state index in [-0.39, 0.29) is 0 Å². The van der Waals surface area contributed by atoms with Crippen LogP contribution in [-0.4, -0.2) is 63.7 Å². The van der Waals surface area contributed by atoms with Gasteiger partial charge in [0.25, 0.3) is 0 Å². The molecule has 1 saturated carbocycles. The number of pyridine rings is 1. The first-order valence-electron chi connectivity index (χ1n) is 17.2. The molecule has 1 aromatic rings. The SMILES string of the molecule is C1=CN=CC1.C1CCCCC1.C1CCCNCC1.C1CCNC1.C1CCNCC1.C1CCOCC1.c1ccncc1. The quantitative estimate of drug-likeness (QED) is 0.296. The van der Waals surface area contributed by atoms with Crippen LogP contribution in [0.2, 0.25) is 0 Å². The summed E-state index contributed by atoms with van der Waals surface area (Å²) >= 11 is 0. The summed E-state index contributed by atoms with van der Waals surface area (Å²) < 4.78 is 5.07. The minimum absolute atomic E-state index is 1.00. The summed E-state index contributed by atoms with van der Waals surface area (Å²) in [7, 11) is 0. The number of ether oxygens (including phenoxy) is 1. The smallest absolute Gasteiger partial charge is 0.0466 e. The fourth-order valence-electron chi connectivity index (χ4n) is 4.77. The molecular weight excluding hydrogens is 506 g/mol. The molecule has 236 valence electrons. The molecule has 41 heavy (non-hydrogen) atoms. The fraction of sp³-hybridized carbons (Fsp3) is 0.771. The highest BCUT2D eigenvalue weighted by Gasteiger charge is 1.97. The van der Waals surface area contributed by atoms with Crippen molar-refractivity contribution in [3.05, 3.63) is 42.9 Å². The van der Waals surface area contributed by atoms with Crippen LogP contribution in [0.5, 0.6) is 0 Å². The van der Waals surface area contributed by atoms with E-state index in [1.54, 1.807) is 18.6 Å². The maximum Gasteiger partial charge on any atom is 0.0466 e. The average Bonchev–Trinajstić information content (AvgIpc) is 3.83. The number of allylic oxidation sites excluding steroid dienone is 1. The van der Waals surface area contributed by atoms with E-state index in [2.05, 4.69) is 25.9 Å². The lowest BCUT2D eigenvalue weighted by atomic mass is 10.0. The Morgan fingerprint density at radius 2 is 0.829 bits per heavy atom. The largest absolute Gasteiger partial charge is 0.381 e. The Morgan fingerprint density at radius 1 is 0.439 bits per heavy atom. The molecule has 5 aliphatic heterocycles. The number of hydrogen-bond acceptors (Lipinski definition) is 6. The summed E-state index contributed by atoms with van der Waals surface area (Å²) in [6, 6.07) is 5.72. The van der Waals surface area contributed by atoms with Crippen LogP contribution >= 0.6 is 0 Å². The highest BCUT2D eigenvalue weighted by atomic mass is 16.5. The van der Waals surface area contributed by atoms with Crippen LogP contribution in [0.15, 0.2) is 47.9 Å². The Hall–Kier alpha value is -1.60. The van der Waals surface area contributed by atoms with Crippen molar-refractivity contribution in [1.29, 1.82) is 0 Å². The molecule has 6 nitrogen and oxygen atoms in total. The van der Waals surface area contributed by atoms with Crippen molar-refractivity contribution in [3.8, 4) is 0 Å². The van der Waals surface area contributed by atoms with E-state index in [9.17, 15) is 0 Å². The van der Waals surface area contributed by atoms with Gasteiger partial charge in [-0.2, -0.15) is 0 Å². The van der Waals surface area contributed by atoms with E-state index in [4.69, 9.17) is 4.74 Å². The third-order valence-electron chi connectivity index (χ3n) is 7.30. The van der Waals surface area contributed by atoms with Gasteiger partial charge < -0.3 is 20.7 Å². The van der Waals surface area contributed by atoms with Gasteiger partial charge in [0.15, 0.2) is 0 Å². The van der Waals surface area contributed by atoms with Gasteiger partial charge in [-0.25, -0.2) is 0 Å². The summed E-state index contributed by atoms with van der Waals surface area (Å²) in [6.07, 6.45) is 35.8. The van der Waals surface area contributed by atoms with Crippen LogP contribution in [-0.2, 0) is 4.74 Å². The van der Waals surface area contributed by atoms with Crippen molar-refractivity contribution in [3.63, 3.8) is 0 Å². The molecule has 7 rings (SSSR count). The molecule has 0 atom stereocenters. The second-order valence-corrected chi connectivity index (χ2v) is 11.2. The van der Waals surface area contributed by atoms with Gasteiger partial charge in [-0.15, -0.1) is 0 Å². The third-order valence-corrected chi connectivity index (χ3v) is 7.30. The molecule has 0 aromatic carbocycles. The first-order chi connectivity index (χ1) is 20.5. The van der Waals surface area contributed by atoms with Crippen molar-refractivity contribution in [2.45, 2.75) is 122 Å². The summed E-state index contributed by atoms with van der Waals surface area (Å²) in [5.41, 5.74) is 0. The zero-order valence-corrected chi connectivity index (χ0v) is 26.5. The molecule has 1 aromatic heterocycles. The second-order valence-electron chi connectivity index (χ2n) is 11.2. The molecule has 0 unspecified atom stereocenters. The van der Waals surface area contributed by atoms with Gasteiger partial charge in [-0.1, -0.05) is 69.9 Å². The number of aromatic nitrogens is 1. The zero-order valence-electron chi connectivity index (χ0n) is 26.5. The van der Waals surface area contributed by atoms with Gasteiger partial charge in [-0.05, 0) is 109 Å². The molecule has 0 amide bonds. The lowest BCUT2D eigenvalue weighted by Gasteiger charge is -2.08. The molecule has 0 spiro atoms. The number of aliphatic imine (C=N–C) groups is 1. The van der Waals surface area contributed by atoms with Gasteiger partial charge in [0.05, 0.1) is 0 Å². The van der Waals surface area contributed by atoms with E-state index < -0.39 is 0 Å². The number of rotatable bonds is 0. The van der Waals surface area contributed by atoms with Crippen LogP contribution in [0.25, 0.3) is 0 Å². The highest BCUT2D eigenvalue weighted by Crippen LogP contribution is 2.15. The summed E-state index contributed by atoms with van der Waals surface area (Å²) in [6.45, 7) is 9.50. The maximum absolute atomic E-state index is 5.07. The molecule has 0 bridgehead atoms. The normalized spacial score (nSPS) is 20.9. The van der Waals surface area contributed by atoms with Gasteiger partial charge in [0.2, 0.25) is 0 Å². The van der Waals surface area contributed by atoms with Crippen LogP contribution in [0.3, 0.4) is 0 Å². The molecule has 6 heteroatoms. The summed E-state index contributed by atoms with van der Waals surface area (Å²) in [5, 5.41) is 9.85. The Balaban J connectivity index is 0.000000240. The standard InChI is InChI=1S/C6H13N.C6H12.C5H11N.C5H5N.C5H10O.C4H9N.C4H5N/c1-2-4-6-7-5-3-1;4*1-2-4-6-5-3-1;2*1-2-4-5-3-1/h7H,1-6H2;1-6H2;6H,1-5H2;1-5H;1-5H2;5H,1-4H2;1,3-4H,2H2. The third kappa shape index (κ3) is 32.8. The van der Waals surface area contributed by atoms with Gasteiger partial charge in [0.1, 0.15) is 0 Å².